The third-order valence-electron chi connectivity index (χ3n) is 5.57. The molecule has 2 heterocycles. The number of carbonyl (C=O) groups excluding carboxylic acids is 2. The van der Waals surface area contributed by atoms with E-state index in [1.165, 1.54) is 0 Å². The molecule has 0 radical (unpaired) electrons. The van der Waals surface area contributed by atoms with E-state index in [0.29, 0.717) is 32.6 Å². The molecule has 2 saturated heterocycles. The molecule has 2 bridgehead atoms. The van der Waals surface area contributed by atoms with Gasteiger partial charge in [-0.25, -0.2) is 0 Å². The van der Waals surface area contributed by atoms with E-state index in [4.69, 9.17) is 0 Å². The van der Waals surface area contributed by atoms with Gasteiger partial charge in [0.15, 0.2) is 11.6 Å². The maximum atomic E-state index is 13.2. The molecule has 2 aliphatic heterocycles. The van der Waals surface area contributed by atoms with Crippen molar-refractivity contribution in [2.75, 3.05) is 26.2 Å². The summed E-state index contributed by atoms with van der Waals surface area (Å²) in [5.74, 6) is 0.246. The molecule has 128 valence electrons. The van der Waals surface area contributed by atoms with E-state index in [2.05, 4.69) is 10.6 Å². The van der Waals surface area contributed by atoms with Gasteiger partial charge in [-0.05, 0) is 6.42 Å². The van der Waals surface area contributed by atoms with E-state index in [-0.39, 0.29) is 11.6 Å². The number of carbonyl (C=O) groups is 2. The summed E-state index contributed by atoms with van der Waals surface area (Å²) in [6, 6.07) is 18.8. The second kappa shape index (κ2) is 6.21. The molecule has 2 aromatic rings. The Kier molecular flexibility index (Phi) is 4.02. The summed E-state index contributed by atoms with van der Waals surface area (Å²) in [5.41, 5.74) is 0.303. The van der Waals surface area contributed by atoms with Gasteiger partial charge >= 0.3 is 0 Å². The second-order valence-electron chi connectivity index (χ2n) is 7.33. The fourth-order valence-electron chi connectivity index (χ4n) is 4.38. The maximum absolute atomic E-state index is 13.2. The molecule has 2 fully saturated rings. The molecule has 0 amide bonds. The molecule has 4 nitrogen and oxygen atoms in total. The molecule has 0 aromatic heterocycles. The van der Waals surface area contributed by atoms with Gasteiger partial charge in [0.1, 0.15) is 0 Å². The highest BCUT2D eigenvalue weighted by molar-refractivity contribution is 6.04. The van der Waals surface area contributed by atoms with E-state index < -0.39 is 10.8 Å². The Bertz CT molecular complexity index is 711. The number of Topliss-reactive ketones (excluding diaryl/α,β-unsaturated/α-hetero) is 2. The number of nitrogens with one attached hydrogen (secondary N) is 2. The minimum absolute atomic E-state index is 0.123. The fourth-order valence-corrected chi connectivity index (χ4v) is 4.38. The standard InChI is InChI=1S/C21H22N2O2/c24-18(16-7-3-1-4-8-16)20-11-21(14-22-12-20,15-23-13-20)19(25)17-9-5-2-6-10-17/h1-10,22-23H,11-15H2. The summed E-state index contributed by atoms with van der Waals surface area (Å²) in [5, 5.41) is 6.78. The van der Waals surface area contributed by atoms with Gasteiger partial charge in [0.05, 0.1) is 10.8 Å². The van der Waals surface area contributed by atoms with Crippen LogP contribution in [0.5, 0.6) is 0 Å². The summed E-state index contributed by atoms with van der Waals surface area (Å²) in [6.07, 6.45) is 0.599. The molecule has 0 aliphatic carbocycles. The van der Waals surface area contributed by atoms with Crippen molar-refractivity contribution in [1.82, 2.24) is 10.6 Å². The SMILES string of the molecule is O=C(c1ccccc1)C12CNCC(C(=O)c3ccccc3)(CNC1)C2. The fraction of sp³-hybridized carbons (Fsp3) is 0.333. The number of benzene rings is 2. The van der Waals surface area contributed by atoms with Crippen molar-refractivity contribution >= 4 is 11.6 Å². The Hall–Kier alpha value is -2.30. The second-order valence-corrected chi connectivity index (χ2v) is 7.33. The van der Waals surface area contributed by atoms with Crippen LogP contribution in [0.25, 0.3) is 0 Å². The van der Waals surface area contributed by atoms with E-state index >= 15 is 0 Å². The first-order chi connectivity index (χ1) is 12.2. The third-order valence-corrected chi connectivity index (χ3v) is 5.57. The Morgan fingerprint density at radius 1 is 0.640 bits per heavy atom. The van der Waals surface area contributed by atoms with Crippen LogP contribution in [0.4, 0.5) is 0 Å². The van der Waals surface area contributed by atoms with Crippen molar-refractivity contribution < 1.29 is 9.59 Å². The number of hydrogen-bond acceptors (Lipinski definition) is 4. The molecule has 0 unspecified atom stereocenters. The van der Waals surface area contributed by atoms with Crippen LogP contribution in [-0.4, -0.2) is 37.7 Å². The largest absolute Gasteiger partial charge is 0.315 e. The lowest BCUT2D eigenvalue weighted by Gasteiger charge is -2.51. The van der Waals surface area contributed by atoms with Gasteiger partial charge in [-0.15, -0.1) is 0 Å². The Balaban J connectivity index is 1.68. The van der Waals surface area contributed by atoms with Crippen molar-refractivity contribution in [2.24, 2.45) is 10.8 Å². The zero-order valence-electron chi connectivity index (χ0n) is 14.1. The van der Waals surface area contributed by atoms with Gasteiger partial charge in [0.2, 0.25) is 0 Å². The van der Waals surface area contributed by atoms with Gasteiger partial charge in [-0.3, -0.25) is 9.59 Å². The highest BCUT2D eigenvalue weighted by Crippen LogP contribution is 2.44. The predicted molar refractivity (Wildman–Crippen MR) is 96.8 cm³/mol. The number of hydrogen-bond donors (Lipinski definition) is 2. The summed E-state index contributed by atoms with van der Waals surface area (Å²) < 4.78 is 0. The van der Waals surface area contributed by atoms with E-state index in [1.807, 2.05) is 60.7 Å². The first-order valence-corrected chi connectivity index (χ1v) is 8.77. The zero-order chi connectivity index (χ0) is 17.3. The number of rotatable bonds is 4. The van der Waals surface area contributed by atoms with Crippen molar-refractivity contribution in [3.05, 3.63) is 71.8 Å². The van der Waals surface area contributed by atoms with Crippen LogP contribution in [0.2, 0.25) is 0 Å². The predicted octanol–water partition coefficient (Wildman–Crippen LogP) is 2.32. The molecule has 25 heavy (non-hydrogen) atoms. The van der Waals surface area contributed by atoms with E-state index in [0.717, 1.165) is 11.1 Å². The molecule has 4 rings (SSSR count). The highest BCUT2D eigenvalue weighted by Gasteiger charge is 2.55. The number of ketones is 2. The summed E-state index contributed by atoms with van der Waals surface area (Å²) >= 11 is 0. The summed E-state index contributed by atoms with van der Waals surface area (Å²) in [7, 11) is 0. The summed E-state index contributed by atoms with van der Waals surface area (Å²) in [4.78, 5) is 26.5. The summed E-state index contributed by atoms with van der Waals surface area (Å²) in [6.45, 7) is 2.43. The van der Waals surface area contributed by atoms with Gasteiger partial charge in [0.25, 0.3) is 0 Å². The molecular formula is C21H22N2O2. The van der Waals surface area contributed by atoms with Crippen molar-refractivity contribution in [1.29, 1.82) is 0 Å². The molecule has 0 atom stereocenters. The average molecular weight is 334 g/mol. The third kappa shape index (κ3) is 2.71. The van der Waals surface area contributed by atoms with Crippen molar-refractivity contribution in [3.63, 3.8) is 0 Å². The average Bonchev–Trinajstić information content (AvgIpc) is 2.68. The van der Waals surface area contributed by atoms with E-state index in [1.54, 1.807) is 0 Å². The Labute approximate surface area is 147 Å². The highest BCUT2D eigenvalue weighted by atomic mass is 16.1. The van der Waals surface area contributed by atoms with Gasteiger partial charge in [-0.2, -0.15) is 0 Å². The van der Waals surface area contributed by atoms with Crippen LogP contribution >= 0.6 is 0 Å². The minimum Gasteiger partial charge on any atom is -0.315 e. The number of piperidine rings is 2. The molecular weight excluding hydrogens is 312 g/mol. The van der Waals surface area contributed by atoms with Gasteiger partial charge < -0.3 is 10.6 Å². The molecule has 4 heteroatoms. The minimum atomic E-state index is -0.567. The Morgan fingerprint density at radius 2 is 1.00 bits per heavy atom. The monoisotopic (exact) mass is 334 g/mol. The smallest absolute Gasteiger partial charge is 0.171 e. The first-order valence-electron chi connectivity index (χ1n) is 8.77. The first kappa shape index (κ1) is 16.2. The van der Waals surface area contributed by atoms with Crippen LogP contribution in [0.15, 0.2) is 60.7 Å². The molecule has 2 aliphatic rings. The van der Waals surface area contributed by atoms with Crippen molar-refractivity contribution in [3.8, 4) is 0 Å². The van der Waals surface area contributed by atoms with Crippen LogP contribution in [0, 0.1) is 10.8 Å². The van der Waals surface area contributed by atoms with Crippen LogP contribution in [0.1, 0.15) is 27.1 Å². The molecule has 2 N–H and O–H groups in total. The lowest BCUT2D eigenvalue weighted by atomic mass is 9.60. The number of fused-ring (bicyclic) bond motifs is 2. The molecule has 0 saturated carbocycles. The quantitative estimate of drug-likeness (QED) is 0.843. The normalized spacial score (nSPS) is 28.3. The topological polar surface area (TPSA) is 58.2 Å². The lowest BCUT2D eigenvalue weighted by Crippen LogP contribution is -2.66. The molecule has 2 aromatic carbocycles. The van der Waals surface area contributed by atoms with Crippen molar-refractivity contribution in [2.45, 2.75) is 6.42 Å². The van der Waals surface area contributed by atoms with Crippen LogP contribution < -0.4 is 10.6 Å². The van der Waals surface area contributed by atoms with Crippen LogP contribution in [-0.2, 0) is 0 Å². The zero-order valence-corrected chi connectivity index (χ0v) is 14.1. The van der Waals surface area contributed by atoms with Gasteiger partial charge in [-0.1, -0.05) is 60.7 Å². The maximum Gasteiger partial charge on any atom is 0.171 e. The molecule has 0 spiro atoms. The van der Waals surface area contributed by atoms with Gasteiger partial charge in [0, 0.05) is 37.3 Å². The van der Waals surface area contributed by atoms with Crippen LogP contribution in [0.3, 0.4) is 0 Å². The lowest BCUT2D eigenvalue weighted by molar-refractivity contribution is 0.0286. The van der Waals surface area contributed by atoms with E-state index in [9.17, 15) is 9.59 Å². The Morgan fingerprint density at radius 3 is 1.36 bits per heavy atom.